The number of para-hydroxylation sites is 1. The van der Waals surface area contributed by atoms with Gasteiger partial charge in [0.2, 0.25) is 0 Å². The molecule has 2 aromatic rings. The number of benzene rings is 1. The molecule has 5 nitrogen and oxygen atoms in total. The van der Waals surface area contributed by atoms with E-state index in [0.29, 0.717) is 17.2 Å². The van der Waals surface area contributed by atoms with E-state index < -0.39 is 11.8 Å². The highest BCUT2D eigenvalue weighted by Gasteiger charge is 2.34. The predicted octanol–water partition coefficient (Wildman–Crippen LogP) is 2.42. The van der Waals surface area contributed by atoms with Crippen LogP contribution >= 0.6 is 12.2 Å². The SMILES string of the molecule is Cc1ccc(C=C2C(=O)NC(=S)N(c3ccccc3)C2=O)o1. The Balaban J connectivity index is 2.01. The topological polar surface area (TPSA) is 62.6 Å². The van der Waals surface area contributed by atoms with Gasteiger partial charge in [0, 0.05) is 0 Å². The maximum Gasteiger partial charge on any atom is 0.270 e. The highest BCUT2D eigenvalue weighted by molar-refractivity contribution is 7.80. The van der Waals surface area contributed by atoms with Crippen LogP contribution in [0.2, 0.25) is 0 Å². The number of furan rings is 1. The lowest BCUT2D eigenvalue weighted by atomic mass is 10.1. The molecule has 3 rings (SSSR count). The Kier molecular flexibility index (Phi) is 3.60. The maximum absolute atomic E-state index is 12.6. The molecule has 0 atom stereocenters. The maximum atomic E-state index is 12.6. The van der Waals surface area contributed by atoms with Crippen molar-refractivity contribution in [2.75, 3.05) is 4.90 Å². The normalized spacial score (nSPS) is 17.0. The summed E-state index contributed by atoms with van der Waals surface area (Å²) in [6.45, 7) is 1.79. The highest BCUT2D eigenvalue weighted by Crippen LogP contribution is 2.22. The molecule has 2 amide bonds. The van der Waals surface area contributed by atoms with Crippen molar-refractivity contribution in [2.45, 2.75) is 6.92 Å². The van der Waals surface area contributed by atoms with E-state index in [2.05, 4.69) is 5.32 Å². The lowest BCUT2D eigenvalue weighted by Crippen LogP contribution is -2.54. The van der Waals surface area contributed by atoms with Gasteiger partial charge in [0.05, 0.1) is 5.69 Å². The summed E-state index contributed by atoms with van der Waals surface area (Å²) in [6, 6.07) is 12.4. The van der Waals surface area contributed by atoms with Gasteiger partial charge in [0.15, 0.2) is 5.11 Å². The van der Waals surface area contributed by atoms with Gasteiger partial charge in [0.25, 0.3) is 11.8 Å². The summed E-state index contributed by atoms with van der Waals surface area (Å²) >= 11 is 5.11. The molecule has 1 aromatic heterocycles. The zero-order valence-corrected chi connectivity index (χ0v) is 12.5. The van der Waals surface area contributed by atoms with Crippen molar-refractivity contribution >= 4 is 40.9 Å². The van der Waals surface area contributed by atoms with Gasteiger partial charge in [-0.25, -0.2) is 0 Å². The first kappa shape index (κ1) is 14.2. The average Bonchev–Trinajstić information content (AvgIpc) is 2.90. The van der Waals surface area contributed by atoms with Gasteiger partial charge in [-0.1, -0.05) is 18.2 Å². The molecule has 0 unspecified atom stereocenters. The fourth-order valence-corrected chi connectivity index (χ4v) is 2.42. The van der Waals surface area contributed by atoms with Crippen LogP contribution < -0.4 is 10.2 Å². The number of amides is 2. The van der Waals surface area contributed by atoms with E-state index >= 15 is 0 Å². The quantitative estimate of drug-likeness (QED) is 0.525. The van der Waals surface area contributed by atoms with Gasteiger partial charge in [-0.15, -0.1) is 0 Å². The van der Waals surface area contributed by atoms with Gasteiger partial charge < -0.3 is 4.42 Å². The molecular formula is C16H12N2O3S. The minimum Gasteiger partial charge on any atom is -0.462 e. The Morgan fingerprint density at radius 3 is 2.50 bits per heavy atom. The third-order valence-electron chi connectivity index (χ3n) is 3.16. The number of anilines is 1. The van der Waals surface area contributed by atoms with E-state index in [4.69, 9.17) is 16.6 Å². The molecule has 1 fully saturated rings. The molecule has 1 saturated heterocycles. The third-order valence-corrected chi connectivity index (χ3v) is 3.45. The molecule has 6 heteroatoms. The van der Waals surface area contributed by atoms with Crippen molar-refractivity contribution in [1.29, 1.82) is 0 Å². The van der Waals surface area contributed by atoms with Crippen molar-refractivity contribution < 1.29 is 14.0 Å². The lowest BCUT2D eigenvalue weighted by molar-refractivity contribution is -0.122. The molecule has 0 aliphatic carbocycles. The second kappa shape index (κ2) is 5.57. The van der Waals surface area contributed by atoms with Crippen molar-refractivity contribution in [2.24, 2.45) is 0 Å². The van der Waals surface area contributed by atoms with Gasteiger partial charge in [-0.05, 0) is 49.5 Å². The predicted molar refractivity (Wildman–Crippen MR) is 86.1 cm³/mol. The first-order chi connectivity index (χ1) is 10.6. The molecule has 1 N–H and O–H groups in total. The largest absolute Gasteiger partial charge is 0.462 e. The number of carbonyl (C=O) groups is 2. The smallest absolute Gasteiger partial charge is 0.270 e. The molecule has 1 aromatic carbocycles. The number of hydrogen-bond donors (Lipinski definition) is 1. The molecule has 22 heavy (non-hydrogen) atoms. The van der Waals surface area contributed by atoms with Crippen molar-refractivity contribution in [3.8, 4) is 0 Å². The first-order valence-corrected chi connectivity index (χ1v) is 7.00. The summed E-state index contributed by atoms with van der Waals surface area (Å²) in [7, 11) is 0. The van der Waals surface area contributed by atoms with Gasteiger partial charge in [-0.2, -0.15) is 0 Å². The standard InChI is InChI=1S/C16H12N2O3S/c1-10-7-8-12(21-10)9-13-14(19)17-16(22)18(15(13)20)11-5-3-2-4-6-11/h2-9H,1H3,(H,17,19,22). The minimum atomic E-state index is -0.531. The molecular weight excluding hydrogens is 300 g/mol. The Morgan fingerprint density at radius 1 is 1.14 bits per heavy atom. The van der Waals surface area contributed by atoms with E-state index in [0.717, 1.165) is 0 Å². The molecule has 0 saturated carbocycles. The Hall–Kier alpha value is -2.73. The fourth-order valence-electron chi connectivity index (χ4n) is 2.14. The van der Waals surface area contributed by atoms with E-state index in [1.165, 1.54) is 11.0 Å². The van der Waals surface area contributed by atoms with Gasteiger partial charge in [-0.3, -0.25) is 19.8 Å². The molecule has 0 bridgehead atoms. The summed E-state index contributed by atoms with van der Waals surface area (Å²) < 4.78 is 5.39. The summed E-state index contributed by atoms with van der Waals surface area (Å²) in [5.41, 5.74) is 0.575. The number of nitrogens with one attached hydrogen (secondary N) is 1. The minimum absolute atomic E-state index is 0.0215. The molecule has 2 heterocycles. The van der Waals surface area contributed by atoms with Crippen LogP contribution in [0.5, 0.6) is 0 Å². The molecule has 1 aliphatic rings. The number of rotatable bonds is 2. The molecule has 110 valence electrons. The van der Waals surface area contributed by atoms with E-state index in [1.807, 2.05) is 6.07 Å². The summed E-state index contributed by atoms with van der Waals surface area (Å²) in [5, 5.41) is 2.59. The van der Waals surface area contributed by atoms with Gasteiger partial charge >= 0.3 is 0 Å². The van der Waals surface area contributed by atoms with Crippen LogP contribution in [0.3, 0.4) is 0 Å². The van der Waals surface area contributed by atoms with Gasteiger partial charge in [0.1, 0.15) is 17.1 Å². The number of thiocarbonyl (C=S) groups is 1. The second-order valence-electron chi connectivity index (χ2n) is 4.74. The van der Waals surface area contributed by atoms with E-state index in [9.17, 15) is 9.59 Å². The lowest BCUT2D eigenvalue weighted by Gasteiger charge is -2.28. The van der Waals surface area contributed by atoms with Crippen molar-refractivity contribution in [3.05, 3.63) is 59.6 Å². The van der Waals surface area contributed by atoms with Crippen LogP contribution in [0.1, 0.15) is 11.5 Å². The zero-order valence-electron chi connectivity index (χ0n) is 11.7. The highest BCUT2D eigenvalue weighted by atomic mass is 32.1. The van der Waals surface area contributed by atoms with Crippen molar-refractivity contribution in [1.82, 2.24) is 5.32 Å². The van der Waals surface area contributed by atoms with Crippen molar-refractivity contribution in [3.63, 3.8) is 0 Å². The zero-order chi connectivity index (χ0) is 15.7. The number of aryl methyl sites for hydroxylation is 1. The number of nitrogens with zero attached hydrogens (tertiary/aromatic N) is 1. The number of carbonyl (C=O) groups excluding carboxylic acids is 2. The Bertz CT molecular complexity index is 793. The van der Waals surface area contributed by atoms with Crippen LogP contribution in [0.4, 0.5) is 5.69 Å². The van der Waals surface area contributed by atoms with Crippen LogP contribution in [-0.4, -0.2) is 16.9 Å². The fraction of sp³-hybridized carbons (Fsp3) is 0.0625. The summed E-state index contributed by atoms with van der Waals surface area (Å²) in [6.07, 6.45) is 1.42. The number of hydrogen-bond acceptors (Lipinski definition) is 4. The average molecular weight is 312 g/mol. The Morgan fingerprint density at radius 2 is 1.86 bits per heavy atom. The third kappa shape index (κ3) is 2.56. The summed E-state index contributed by atoms with van der Waals surface area (Å²) in [5.74, 6) is 0.132. The Labute approximate surface area is 132 Å². The summed E-state index contributed by atoms with van der Waals surface area (Å²) in [4.78, 5) is 26.0. The van der Waals surface area contributed by atoms with Crippen LogP contribution in [0.25, 0.3) is 6.08 Å². The molecule has 0 spiro atoms. The first-order valence-electron chi connectivity index (χ1n) is 6.59. The van der Waals surface area contributed by atoms with E-state index in [1.54, 1.807) is 43.3 Å². The molecule has 1 aliphatic heterocycles. The van der Waals surface area contributed by atoms with Crippen LogP contribution in [0, 0.1) is 6.92 Å². The second-order valence-corrected chi connectivity index (χ2v) is 5.13. The van der Waals surface area contributed by atoms with Crippen LogP contribution in [-0.2, 0) is 9.59 Å². The van der Waals surface area contributed by atoms with Crippen LogP contribution in [0.15, 0.2) is 52.5 Å². The molecule has 0 radical (unpaired) electrons. The van der Waals surface area contributed by atoms with E-state index in [-0.39, 0.29) is 10.7 Å². The monoisotopic (exact) mass is 312 g/mol.